The molecule has 0 bridgehead atoms. The summed E-state index contributed by atoms with van der Waals surface area (Å²) in [6.45, 7) is 7.46. The van der Waals surface area contributed by atoms with Crippen LogP contribution in [0, 0.1) is 6.92 Å². The first-order valence-electron chi connectivity index (χ1n) is 10.1. The van der Waals surface area contributed by atoms with Crippen LogP contribution in [-0.2, 0) is 6.54 Å². The van der Waals surface area contributed by atoms with Crippen molar-refractivity contribution in [2.75, 3.05) is 52.9 Å². The van der Waals surface area contributed by atoms with Gasteiger partial charge < -0.3 is 29.7 Å². The minimum atomic E-state index is 0.575. The maximum Gasteiger partial charge on any atom is 0.203 e. The van der Waals surface area contributed by atoms with Crippen LogP contribution in [-0.4, -0.2) is 54.0 Å². The van der Waals surface area contributed by atoms with E-state index in [1.54, 1.807) is 28.4 Å². The molecule has 7 nitrogen and oxygen atoms in total. The molecule has 2 aromatic rings. The third kappa shape index (κ3) is 6.20. The standard InChI is InChI=1S/C23H34N4O3/c1-7-27(19-10-8-9-17(2)13-19)12-11-25-23(24-3)26-16-18-14-20(28-4)22(30-6)21(15-18)29-5/h8-10,13-15H,7,11-12,16H2,1-6H3,(H2,24,25,26). The van der Waals surface area contributed by atoms with Crippen molar-refractivity contribution in [1.29, 1.82) is 0 Å². The van der Waals surface area contributed by atoms with Crippen molar-refractivity contribution in [2.45, 2.75) is 20.4 Å². The number of anilines is 1. The molecule has 0 aliphatic rings. The number of methoxy groups -OCH3 is 3. The Morgan fingerprint density at radius 3 is 2.23 bits per heavy atom. The van der Waals surface area contributed by atoms with Crippen molar-refractivity contribution >= 4 is 11.6 Å². The second-order valence-electron chi connectivity index (χ2n) is 6.80. The highest BCUT2D eigenvalue weighted by Gasteiger charge is 2.13. The minimum absolute atomic E-state index is 0.575. The molecule has 0 fully saturated rings. The molecule has 0 atom stereocenters. The van der Waals surface area contributed by atoms with Gasteiger partial charge in [0, 0.05) is 38.9 Å². The van der Waals surface area contributed by atoms with E-state index in [1.165, 1.54) is 11.3 Å². The summed E-state index contributed by atoms with van der Waals surface area (Å²) < 4.78 is 16.2. The van der Waals surface area contributed by atoms with Gasteiger partial charge in [-0.05, 0) is 49.2 Å². The molecule has 2 aromatic carbocycles. The molecule has 0 aromatic heterocycles. The van der Waals surface area contributed by atoms with Crippen molar-refractivity contribution < 1.29 is 14.2 Å². The second kappa shape index (κ2) is 11.8. The van der Waals surface area contributed by atoms with E-state index < -0.39 is 0 Å². The Morgan fingerprint density at radius 2 is 1.70 bits per heavy atom. The first-order chi connectivity index (χ1) is 14.6. The molecule has 0 spiro atoms. The molecular formula is C23H34N4O3. The lowest BCUT2D eigenvalue weighted by molar-refractivity contribution is 0.323. The van der Waals surface area contributed by atoms with Crippen molar-refractivity contribution in [3.8, 4) is 17.2 Å². The number of nitrogens with zero attached hydrogens (tertiary/aromatic N) is 2. The van der Waals surface area contributed by atoms with Gasteiger partial charge in [0.1, 0.15) is 0 Å². The summed E-state index contributed by atoms with van der Waals surface area (Å²) in [5.41, 5.74) is 3.50. The van der Waals surface area contributed by atoms with Gasteiger partial charge in [0.2, 0.25) is 5.75 Å². The van der Waals surface area contributed by atoms with E-state index in [4.69, 9.17) is 14.2 Å². The molecule has 7 heteroatoms. The average Bonchev–Trinajstić information content (AvgIpc) is 2.77. The molecule has 0 heterocycles. The fraction of sp³-hybridized carbons (Fsp3) is 0.435. The molecule has 2 rings (SSSR count). The second-order valence-corrected chi connectivity index (χ2v) is 6.80. The van der Waals surface area contributed by atoms with E-state index in [0.717, 1.165) is 31.2 Å². The highest BCUT2D eigenvalue weighted by atomic mass is 16.5. The third-order valence-electron chi connectivity index (χ3n) is 4.83. The summed E-state index contributed by atoms with van der Waals surface area (Å²) in [6, 6.07) is 12.4. The molecule has 164 valence electrons. The Balaban J connectivity index is 1.93. The summed E-state index contributed by atoms with van der Waals surface area (Å²) in [5.74, 6) is 2.59. The lowest BCUT2D eigenvalue weighted by Gasteiger charge is -2.24. The number of hydrogen-bond donors (Lipinski definition) is 2. The highest BCUT2D eigenvalue weighted by Crippen LogP contribution is 2.38. The number of nitrogens with one attached hydrogen (secondary N) is 2. The number of hydrogen-bond acceptors (Lipinski definition) is 5. The van der Waals surface area contributed by atoms with Crippen molar-refractivity contribution in [1.82, 2.24) is 10.6 Å². The van der Waals surface area contributed by atoms with Crippen molar-refractivity contribution in [2.24, 2.45) is 4.99 Å². The fourth-order valence-corrected chi connectivity index (χ4v) is 3.25. The molecule has 0 saturated carbocycles. The van der Waals surface area contributed by atoms with Gasteiger partial charge in [-0.15, -0.1) is 0 Å². The zero-order chi connectivity index (χ0) is 21.9. The van der Waals surface area contributed by atoms with Gasteiger partial charge >= 0.3 is 0 Å². The zero-order valence-corrected chi connectivity index (χ0v) is 18.9. The number of aliphatic imine (C=N–C) groups is 1. The number of guanidine groups is 1. The molecule has 0 amide bonds. The smallest absolute Gasteiger partial charge is 0.203 e. The van der Waals surface area contributed by atoms with E-state index in [0.29, 0.717) is 23.8 Å². The van der Waals surface area contributed by atoms with Crippen molar-refractivity contribution in [3.63, 3.8) is 0 Å². The van der Waals surface area contributed by atoms with E-state index in [9.17, 15) is 0 Å². The molecule has 0 radical (unpaired) electrons. The lowest BCUT2D eigenvalue weighted by Crippen LogP contribution is -2.41. The van der Waals surface area contributed by atoms with Crippen LogP contribution in [0.5, 0.6) is 17.2 Å². The largest absolute Gasteiger partial charge is 0.493 e. The normalized spacial score (nSPS) is 11.1. The summed E-state index contributed by atoms with van der Waals surface area (Å²) >= 11 is 0. The third-order valence-corrected chi connectivity index (χ3v) is 4.83. The number of rotatable bonds is 10. The Morgan fingerprint density at radius 1 is 1.00 bits per heavy atom. The van der Waals surface area contributed by atoms with Gasteiger partial charge in [0.15, 0.2) is 17.5 Å². The topological polar surface area (TPSA) is 67.4 Å². The zero-order valence-electron chi connectivity index (χ0n) is 18.9. The number of likely N-dealkylation sites (N-methyl/N-ethyl adjacent to an activating group) is 1. The molecule has 0 aliphatic heterocycles. The van der Waals surface area contributed by atoms with Crippen LogP contribution < -0.4 is 29.7 Å². The lowest BCUT2D eigenvalue weighted by atomic mass is 10.2. The van der Waals surface area contributed by atoms with E-state index in [-0.39, 0.29) is 0 Å². The molecule has 0 unspecified atom stereocenters. The summed E-state index contributed by atoms with van der Waals surface area (Å²) in [7, 11) is 6.59. The highest BCUT2D eigenvalue weighted by molar-refractivity contribution is 5.79. The summed E-state index contributed by atoms with van der Waals surface area (Å²) in [4.78, 5) is 6.66. The molecule has 30 heavy (non-hydrogen) atoms. The Kier molecular flexibility index (Phi) is 9.12. The van der Waals surface area contributed by atoms with Crippen LogP contribution in [0.3, 0.4) is 0 Å². The van der Waals surface area contributed by atoms with E-state index >= 15 is 0 Å². The number of aryl methyl sites for hydroxylation is 1. The number of ether oxygens (including phenoxy) is 3. The van der Waals surface area contributed by atoms with Gasteiger partial charge in [-0.25, -0.2) is 0 Å². The first kappa shape index (κ1) is 23.2. The average molecular weight is 415 g/mol. The summed E-state index contributed by atoms with van der Waals surface area (Å²) in [6.07, 6.45) is 0. The SMILES string of the molecule is CCN(CCNC(=NC)NCc1cc(OC)c(OC)c(OC)c1)c1cccc(C)c1. The Labute approximate surface area is 180 Å². The quantitative estimate of drug-likeness (QED) is 0.460. The van der Waals surface area contributed by atoms with Crippen LogP contribution in [0.4, 0.5) is 5.69 Å². The minimum Gasteiger partial charge on any atom is -0.493 e. The first-order valence-corrected chi connectivity index (χ1v) is 10.1. The van der Waals surface area contributed by atoms with Gasteiger partial charge in [-0.2, -0.15) is 0 Å². The van der Waals surface area contributed by atoms with Crippen LogP contribution in [0.25, 0.3) is 0 Å². The van der Waals surface area contributed by atoms with Crippen LogP contribution >= 0.6 is 0 Å². The predicted molar refractivity (Wildman–Crippen MR) is 123 cm³/mol. The fourth-order valence-electron chi connectivity index (χ4n) is 3.25. The number of benzene rings is 2. The van der Waals surface area contributed by atoms with Gasteiger partial charge in [0.25, 0.3) is 0 Å². The van der Waals surface area contributed by atoms with Gasteiger partial charge in [0.05, 0.1) is 21.3 Å². The molecule has 0 saturated heterocycles. The van der Waals surface area contributed by atoms with Crippen LogP contribution in [0.1, 0.15) is 18.1 Å². The molecular weight excluding hydrogens is 380 g/mol. The summed E-state index contributed by atoms with van der Waals surface area (Å²) in [5, 5.41) is 6.71. The Hall–Kier alpha value is -3.09. The maximum absolute atomic E-state index is 5.42. The van der Waals surface area contributed by atoms with Crippen LogP contribution in [0.15, 0.2) is 41.4 Å². The maximum atomic E-state index is 5.42. The predicted octanol–water partition coefficient (Wildman–Crippen LogP) is 3.21. The van der Waals surface area contributed by atoms with Gasteiger partial charge in [-0.1, -0.05) is 12.1 Å². The van der Waals surface area contributed by atoms with E-state index in [2.05, 4.69) is 58.6 Å². The molecule has 2 N–H and O–H groups in total. The molecule has 0 aliphatic carbocycles. The van der Waals surface area contributed by atoms with Gasteiger partial charge in [-0.3, -0.25) is 4.99 Å². The van der Waals surface area contributed by atoms with Crippen LogP contribution in [0.2, 0.25) is 0 Å². The van der Waals surface area contributed by atoms with Crippen molar-refractivity contribution in [3.05, 3.63) is 47.5 Å². The Bertz CT molecular complexity index is 814. The monoisotopic (exact) mass is 414 g/mol. The van der Waals surface area contributed by atoms with E-state index in [1.807, 2.05) is 12.1 Å².